The molecule has 0 N–H and O–H groups in total. The Labute approximate surface area is 374 Å². The van der Waals surface area contributed by atoms with E-state index in [1.807, 2.05) is 0 Å². The highest BCUT2D eigenvalue weighted by Crippen LogP contribution is 2.44. The molecule has 2 unspecified atom stereocenters. The fourth-order valence-electron chi connectivity index (χ4n) is 7.44. The van der Waals surface area contributed by atoms with E-state index in [0.717, 1.165) is 0 Å². The zero-order chi connectivity index (χ0) is 65.0. The van der Waals surface area contributed by atoms with Gasteiger partial charge in [0.2, 0.25) is 0 Å². The van der Waals surface area contributed by atoms with Gasteiger partial charge in [-0.3, -0.25) is 0 Å². The largest absolute Gasteiger partial charge is 0.460 e. The van der Waals surface area contributed by atoms with E-state index in [0.29, 0.717) is 0 Å². The molecule has 1 aliphatic carbocycles. The topological polar surface area (TPSA) is 13.1 Å². The normalized spacial score (nSPS) is 23.9. The van der Waals surface area contributed by atoms with E-state index >= 15 is 0 Å². The molecule has 0 amide bonds. The van der Waals surface area contributed by atoms with Crippen molar-refractivity contribution in [3.8, 4) is 44.5 Å². The van der Waals surface area contributed by atoms with Gasteiger partial charge in [-0.1, -0.05) is 151 Å². The number of aryl methyl sites for hydroxylation is 1. The van der Waals surface area contributed by atoms with Crippen LogP contribution in [-0.2, 0) is 6.40 Å². The van der Waals surface area contributed by atoms with E-state index in [1.54, 1.807) is 0 Å². The molecule has 0 saturated carbocycles. The average molecular weight is 755 g/mol. The second kappa shape index (κ2) is 11.6. The summed E-state index contributed by atoms with van der Waals surface area (Å²) in [6.45, 7) is 0. The maximum absolute atomic E-state index is 10.2. The summed E-state index contributed by atoms with van der Waals surface area (Å²) in [4.78, 5) is 0. The molecule has 1 heterocycles. The third kappa shape index (κ3) is 4.57. The van der Waals surface area contributed by atoms with Crippen molar-refractivity contribution in [2.24, 2.45) is 0 Å². The van der Waals surface area contributed by atoms with Crippen LogP contribution in [0, 0.1) is 0 Å². The molecule has 1 heteroatoms. The molecule has 13 rings (SSSR count). The first-order valence-electron chi connectivity index (χ1n) is 33.5. The molecule has 57 heavy (non-hydrogen) atoms. The van der Waals surface area contributed by atoms with Gasteiger partial charge in [0, 0.05) is 20.1 Å². The highest BCUT2D eigenvalue weighted by atomic mass is 16.3. The van der Waals surface area contributed by atoms with Crippen LogP contribution >= 0.6 is 0 Å². The van der Waals surface area contributed by atoms with Crippen molar-refractivity contribution in [1.82, 2.24) is 0 Å². The molecule has 1 aromatic heterocycles. The van der Waals surface area contributed by atoms with Gasteiger partial charge in [0.15, 0.2) is 0 Å². The summed E-state index contributed by atoms with van der Waals surface area (Å²) < 4.78 is 302. The number of furan rings is 1. The summed E-state index contributed by atoms with van der Waals surface area (Å²) in [5.41, 5.74) is -8.38. The summed E-state index contributed by atoms with van der Waals surface area (Å²) in [5, 5.41) is -6.15. The monoisotopic (exact) mass is 754 g/mol. The van der Waals surface area contributed by atoms with Crippen molar-refractivity contribution in [2.45, 2.75) is 12.8 Å². The second-order valence-electron chi connectivity index (χ2n) is 13.1. The lowest BCUT2D eigenvalue weighted by molar-refractivity contribution is 0.546. The smallest absolute Gasteiger partial charge is 0.134 e. The van der Waals surface area contributed by atoms with E-state index in [2.05, 4.69) is 0 Å². The van der Waals surface area contributed by atoms with Gasteiger partial charge >= 0.3 is 0 Å². The molecule has 2 atom stereocenters. The summed E-state index contributed by atoms with van der Waals surface area (Å²) in [6.07, 6.45) is -3.41. The Morgan fingerprint density at radius 2 is 0.895 bits per heavy atom. The minimum Gasteiger partial charge on any atom is -0.460 e. The lowest BCUT2D eigenvalue weighted by Crippen LogP contribution is -1.90. The van der Waals surface area contributed by atoms with Gasteiger partial charge in [-0.2, -0.15) is 0 Å². The first kappa shape index (κ1) is 13.5. The van der Waals surface area contributed by atoms with Crippen LogP contribution in [0.15, 0.2) is 180 Å². The van der Waals surface area contributed by atoms with Gasteiger partial charge < -0.3 is 4.42 Å². The maximum atomic E-state index is 10.2. The minimum atomic E-state index is -1.72. The second-order valence-corrected chi connectivity index (χ2v) is 13.1. The molecule has 11 aromatic carbocycles. The fraction of sp³-hybridized carbons (Fsp3) is 0.0357. The standard InChI is InChI=1S/C56H34O/c1-2-10-51-47(9-1)50-32-41(23-28-52(50)57-51)43-29-42(30-44(31-43)46-25-20-40-18-16-36-6-4-8-38-22-27-49(46)56(40)54(36)38)33-11-13-34(14-12-33)45-24-19-39-17-15-35-5-3-7-37-21-26-48(45)55(39)53(35)37/h1,3-9,11-32H,2,10H2/i1D,2D,3D,4D,5D,6D,7D,8D,9D,10D,11D,12D,13D,14D,15D,16D,17D,18D,19D,20D,21D,22D,23D,24D,25D,26D,27D,28D,29D,30D,31D,32D. The van der Waals surface area contributed by atoms with Gasteiger partial charge in [-0.25, -0.2) is 0 Å². The van der Waals surface area contributed by atoms with Gasteiger partial charge in [-0.15, -0.1) is 0 Å². The Morgan fingerprint density at radius 1 is 0.404 bits per heavy atom. The molecule has 1 nitrogen and oxygen atoms in total. The van der Waals surface area contributed by atoms with Gasteiger partial charge in [0.1, 0.15) is 11.3 Å². The van der Waals surface area contributed by atoms with E-state index in [9.17, 15) is 23.3 Å². The molecular formula is C56H34O. The summed E-state index contributed by atoms with van der Waals surface area (Å²) in [7, 11) is 0. The zero-order valence-electron chi connectivity index (χ0n) is 60.6. The fourth-order valence-corrected chi connectivity index (χ4v) is 7.44. The van der Waals surface area contributed by atoms with E-state index < -0.39 is 309 Å². The van der Waals surface area contributed by atoms with Crippen LogP contribution in [0.25, 0.3) is 126 Å². The first-order valence-corrected chi connectivity index (χ1v) is 17.3. The van der Waals surface area contributed by atoms with Crippen LogP contribution in [0.2, 0.25) is 0 Å². The number of fused-ring (bicyclic) bond motifs is 3. The minimum absolute atomic E-state index is 0.314. The van der Waals surface area contributed by atoms with E-state index in [4.69, 9.17) is 25.0 Å². The van der Waals surface area contributed by atoms with Crippen molar-refractivity contribution in [1.29, 1.82) is 0 Å². The Balaban J connectivity index is 1.23. The molecule has 1 aliphatic rings. The van der Waals surface area contributed by atoms with Gasteiger partial charge in [0.05, 0.1) is 41.1 Å². The van der Waals surface area contributed by atoms with Crippen molar-refractivity contribution < 1.29 is 48.3 Å². The molecule has 0 spiro atoms. The molecule has 264 valence electrons. The lowest BCUT2D eigenvalue weighted by atomic mass is 9.87. The number of allylic oxidation sites excluding steroid dienone is 1. The van der Waals surface area contributed by atoms with Gasteiger partial charge in [-0.05, 0) is 146 Å². The predicted molar refractivity (Wildman–Crippen MR) is 243 cm³/mol. The highest BCUT2D eigenvalue weighted by molar-refractivity contribution is 6.26. The number of hydrogen-bond donors (Lipinski definition) is 0. The Bertz CT molecular complexity index is 5390. The Kier molecular flexibility index (Phi) is 2.75. The average Bonchev–Trinajstić information content (AvgIpc) is 1.22. The quantitative estimate of drug-likeness (QED) is 0.163. The zero-order valence-corrected chi connectivity index (χ0v) is 28.6. The predicted octanol–water partition coefficient (Wildman–Crippen LogP) is 15.9. The molecule has 0 radical (unpaired) electrons. The lowest BCUT2D eigenvalue weighted by Gasteiger charge is -2.17. The van der Waals surface area contributed by atoms with Crippen molar-refractivity contribution in [3.63, 3.8) is 0 Å². The van der Waals surface area contributed by atoms with Crippen LogP contribution in [0.5, 0.6) is 0 Å². The molecular weight excluding hydrogens is 689 g/mol. The van der Waals surface area contributed by atoms with Crippen LogP contribution in [-0.4, -0.2) is 0 Å². The first-order chi connectivity index (χ1) is 41.6. The molecule has 0 fully saturated rings. The summed E-state index contributed by atoms with van der Waals surface area (Å²) in [5.74, 6) is -0.457. The van der Waals surface area contributed by atoms with Gasteiger partial charge in [0.25, 0.3) is 0 Å². The van der Waals surface area contributed by atoms with Crippen LogP contribution in [0.4, 0.5) is 0 Å². The SMILES string of the molecule is [2H]C1=C([2H])C([2H])C([2H])c2oc3c([2H])c([2H])c(-c4c([2H])c(-c5c([2H])c([2H])c(-c6c([2H])c([2H])c7c([2H])c([2H])c8c([2H])c([2H])c([2H])c9c([2H])c([2H])c6c7c89)c([2H])c5[2H])c([2H])c(-c5c([2H])c([2H])c6c([2H])c([2H])c7c([2H])c([2H])c([2H])c8c([2H])c([2H])c5c6c78)c4[2H])c([2H])c3c21. The Morgan fingerprint density at radius 3 is 1.53 bits per heavy atom. The van der Waals surface area contributed by atoms with Crippen LogP contribution < -0.4 is 0 Å². The number of rotatable bonds is 4. The van der Waals surface area contributed by atoms with E-state index in [1.165, 1.54) is 0 Å². The van der Waals surface area contributed by atoms with E-state index in [-0.39, 0.29) is 16.2 Å². The molecule has 12 aromatic rings. The van der Waals surface area contributed by atoms with Crippen molar-refractivity contribution in [2.75, 3.05) is 0 Å². The molecule has 0 aliphatic heterocycles. The molecule has 0 bridgehead atoms. The van der Waals surface area contributed by atoms with Crippen LogP contribution in [0.1, 0.15) is 61.6 Å². The highest BCUT2D eigenvalue weighted by Gasteiger charge is 2.18. The third-order valence-corrected chi connectivity index (χ3v) is 10.0. The summed E-state index contributed by atoms with van der Waals surface area (Å²) >= 11 is 0. The van der Waals surface area contributed by atoms with Crippen molar-refractivity contribution in [3.05, 3.63) is 187 Å². The molecule has 0 saturated heterocycles. The Hall–Kier alpha value is -7.22. The summed E-state index contributed by atoms with van der Waals surface area (Å²) in [6, 6.07) is -27.5. The van der Waals surface area contributed by atoms with Crippen molar-refractivity contribution >= 4 is 81.7 Å². The third-order valence-electron chi connectivity index (χ3n) is 10.0. The number of benzene rings is 11. The van der Waals surface area contributed by atoms with Crippen LogP contribution in [0.3, 0.4) is 0 Å². The maximum Gasteiger partial charge on any atom is 0.134 e. The number of hydrogen-bond acceptors (Lipinski definition) is 1.